The maximum absolute atomic E-state index is 5.93. The van der Waals surface area contributed by atoms with Gasteiger partial charge in [0, 0.05) is 50.7 Å². The first-order valence-corrected chi connectivity index (χ1v) is 9.90. The molecule has 0 unspecified atom stereocenters. The van der Waals surface area contributed by atoms with Gasteiger partial charge >= 0.3 is 0 Å². The average molecular weight is 367 g/mol. The molecule has 1 atom stereocenters. The van der Waals surface area contributed by atoms with Crippen LogP contribution in [0.15, 0.2) is 30.6 Å². The first kappa shape index (κ1) is 18.2. The third-order valence-electron chi connectivity index (χ3n) is 5.75. The molecule has 144 valence electrons. The molecule has 0 saturated carbocycles. The summed E-state index contributed by atoms with van der Waals surface area (Å²) in [6.07, 6.45) is 3.56. The van der Waals surface area contributed by atoms with E-state index in [2.05, 4.69) is 51.2 Å². The van der Waals surface area contributed by atoms with Crippen LogP contribution >= 0.6 is 0 Å². The summed E-state index contributed by atoms with van der Waals surface area (Å²) in [5, 5.41) is 3.57. The van der Waals surface area contributed by atoms with Crippen LogP contribution in [0.5, 0.6) is 5.75 Å². The molecule has 6 nitrogen and oxygen atoms in total. The van der Waals surface area contributed by atoms with Crippen molar-refractivity contribution < 1.29 is 4.74 Å². The van der Waals surface area contributed by atoms with E-state index in [1.165, 1.54) is 5.56 Å². The number of nitrogens with zero attached hydrogens (tertiary/aromatic N) is 4. The third-order valence-corrected chi connectivity index (χ3v) is 5.75. The van der Waals surface area contributed by atoms with E-state index in [1.54, 1.807) is 6.33 Å². The summed E-state index contributed by atoms with van der Waals surface area (Å²) >= 11 is 0. The first-order chi connectivity index (χ1) is 13.2. The Balaban J connectivity index is 1.39. The van der Waals surface area contributed by atoms with Crippen LogP contribution in [-0.4, -0.2) is 65.6 Å². The van der Waals surface area contributed by atoms with Crippen LogP contribution in [0.1, 0.15) is 30.2 Å². The van der Waals surface area contributed by atoms with Gasteiger partial charge in [-0.05, 0) is 32.0 Å². The lowest BCUT2D eigenvalue weighted by Gasteiger charge is -2.36. The molecular weight excluding hydrogens is 338 g/mol. The number of ether oxygens (including phenoxy) is 1. The standard InChI is InChI=1S/C21H29N5O/c1-16(26-11-9-25(2)10-12-26)7-8-22-21-18-13-17-5-3-4-6-20(17)27-14-19(18)23-15-24-21/h3-6,15-16H,7-14H2,1-2H3,(H,22,23,24)/t16-/m1/s1. The summed E-state index contributed by atoms with van der Waals surface area (Å²) in [7, 11) is 2.20. The van der Waals surface area contributed by atoms with Gasteiger partial charge in [-0.1, -0.05) is 18.2 Å². The molecule has 2 aliphatic heterocycles. The van der Waals surface area contributed by atoms with Gasteiger partial charge in [-0.15, -0.1) is 0 Å². The molecule has 0 radical (unpaired) electrons. The van der Waals surface area contributed by atoms with Gasteiger partial charge in [-0.2, -0.15) is 0 Å². The van der Waals surface area contributed by atoms with Gasteiger partial charge in [0.1, 0.15) is 24.5 Å². The highest BCUT2D eigenvalue weighted by molar-refractivity contribution is 5.51. The Morgan fingerprint density at radius 3 is 2.81 bits per heavy atom. The van der Waals surface area contributed by atoms with Gasteiger partial charge < -0.3 is 15.0 Å². The summed E-state index contributed by atoms with van der Waals surface area (Å²) in [6, 6.07) is 8.80. The monoisotopic (exact) mass is 367 g/mol. The molecule has 2 aromatic rings. The number of fused-ring (bicyclic) bond motifs is 2. The SMILES string of the molecule is C[C@H](CCNc1ncnc2c1Cc1ccccc1OC2)N1CCN(C)CC1. The number of aromatic nitrogens is 2. The smallest absolute Gasteiger partial charge is 0.133 e. The van der Waals surface area contributed by atoms with E-state index in [4.69, 9.17) is 4.74 Å². The third kappa shape index (κ3) is 4.22. The summed E-state index contributed by atoms with van der Waals surface area (Å²) in [5.74, 6) is 1.90. The number of benzene rings is 1. The second-order valence-corrected chi connectivity index (χ2v) is 7.62. The van der Waals surface area contributed by atoms with Gasteiger partial charge in [-0.3, -0.25) is 4.90 Å². The van der Waals surface area contributed by atoms with E-state index in [1.807, 2.05) is 12.1 Å². The molecule has 0 amide bonds. The molecule has 2 aliphatic rings. The van der Waals surface area contributed by atoms with E-state index >= 15 is 0 Å². The molecule has 0 spiro atoms. The lowest BCUT2D eigenvalue weighted by Crippen LogP contribution is -2.48. The highest BCUT2D eigenvalue weighted by Gasteiger charge is 2.20. The predicted octanol–water partition coefficient (Wildman–Crippen LogP) is 2.40. The number of rotatable bonds is 5. The molecule has 3 heterocycles. The summed E-state index contributed by atoms with van der Waals surface area (Å²) < 4.78 is 5.93. The van der Waals surface area contributed by atoms with E-state index in [9.17, 15) is 0 Å². The number of likely N-dealkylation sites (N-methyl/N-ethyl adjacent to an activating group) is 1. The van der Waals surface area contributed by atoms with Crippen LogP contribution in [0.2, 0.25) is 0 Å². The molecule has 4 rings (SSSR count). The zero-order valence-corrected chi connectivity index (χ0v) is 16.3. The quantitative estimate of drug-likeness (QED) is 0.876. The van der Waals surface area contributed by atoms with E-state index in [0.717, 1.165) is 68.4 Å². The molecule has 1 N–H and O–H groups in total. The molecule has 0 aliphatic carbocycles. The number of hydrogen-bond acceptors (Lipinski definition) is 6. The van der Waals surface area contributed by atoms with Crippen molar-refractivity contribution in [3.63, 3.8) is 0 Å². The lowest BCUT2D eigenvalue weighted by atomic mass is 10.0. The second kappa shape index (κ2) is 8.23. The summed E-state index contributed by atoms with van der Waals surface area (Å²) in [4.78, 5) is 14.0. The molecule has 1 aromatic heterocycles. The Morgan fingerprint density at radius 1 is 1.15 bits per heavy atom. The summed E-state index contributed by atoms with van der Waals surface area (Å²) in [6.45, 7) is 8.40. The maximum atomic E-state index is 5.93. The van der Waals surface area contributed by atoms with Crippen molar-refractivity contribution in [1.29, 1.82) is 0 Å². The van der Waals surface area contributed by atoms with Crippen LogP contribution in [0.4, 0.5) is 5.82 Å². The molecule has 0 bridgehead atoms. The minimum Gasteiger partial charge on any atom is -0.487 e. The van der Waals surface area contributed by atoms with Crippen molar-refractivity contribution in [3.05, 3.63) is 47.4 Å². The number of piperazine rings is 1. The molecule has 1 fully saturated rings. The van der Waals surface area contributed by atoms with Crippen LogP contribution in [0.25, 0.3) is 0 Å². The average Bonchev–Trinajstić information content (AvgIpc) is 2.88. The van der Waals surface area contributed by atoms with Crippen molar-refractivity contribution in [2.24, 2.45) is 0 Å². The molecule has 27 heavy (non-hydrogen) atoms. The van der Waals surface area contributed by atoms with Gasteiger partial charge in [0.05, 0.1) is 5.69 Å². The van der Waals surface area contributed by atoms with Gasteiger partial charge in [-0.25, -0.2) is 9.97 Å². The molecular formula is C21H29N5O. The minimum atomic E-state index is 0.501. The lowest BCUT2D eigenvalue weighted by molar-refractivity contribution is 0.116. The normalized spacial score (nSPS) is 18.7. The van der Waals surface area contributed by atoms with E-state index in [0.29, 0.717) is 12.6 Å². The number of para-hydroxylation sites is 1. The largest absolute Gasteiger partial charge is 0.487 e. The Kier molecular flexibility index (Phi) is 5.55. The zero-order chi connectivity index (χ0) is 18.6. The fourth-order valence-electron chi connectivity index (χ4n) is 3.88. The topological polar surface area (TPSA) is 53.5 Å². The van der Waals surface area contributed by atoms with Gasteiger partial charge in [0.25, 0.3) is 0 Å². The fourth-order valence-corrected chi connectivity index (χ4v) is 3.88. The second-order valence-electron chi connectivity index (χ2n) is 7.62. The van der Waals surface area contributed by atoms with Gasteiger partial charge in [0.2, 0.25) is 0 Å². The Morgan fingerprint density at radius 2 is 1.96 bits per heavy atom. The Labute approximate surface area is 161 Å². The van der Waals surface area contributed by atoms with Crippen molar-refractivity contribution >= 4 is 5.82 Å². The number of anilines is 1. The molecule has 1 aromatic carbocycles. The Hall–Kier alpha value is -2.18. The highest BCUT2D eigenvalue weighted by Crippen LogP contribution is 2.30. The number of hydrogen-bond donors (Lipinski definition) is 1. The van der Waals surface area contributed by atoms with Crippen LogP contribution < -0.4 is 10.1 Å². The van der Waals surface area contributed by atoms with Crippen LogP contribution in [0, 0.1) is 0 Å². The number of nitrogens with one attached hydrogen (secondary N) is 1. The minimum absolute atomic E-state index is 0.501. The van der Waals surface area contributed by atoms with Crippen molar-refractivity contribution in [1.82, 2.24) is 19.8 Å². The van der Waals surface area contributed by atoms with E-state index in [-0.39, 0.29) is 0 Å². The highest BCUT2D eigenvalue weighted by atomic mass is 16.5. The van der Waals surface area contributed by atoms with Crippen molar-refractivity contribution in [2.45, 2.75) is 32.4 Å². The maximum Gasteiger partial charge on any atom is 0.133 e. The van der Waals surface area contributed by atoms with E-state index < -0.39 is 0 Å². The van der Waals surface area contributed by atoms with Crippen LogP contribution in [-0.2, 0) is 13.0 Å². The van der Waals surface area contributed by atoms with Crippen molar-refractivity contribution in [2.75, 3.05) is 45.1 Å². The molecule has 6 heteroatoms. The van der Waals surface area contributed by atoms with Gasteiger partial charge in [0.15, 0.2) is 0 Å². The summed E-state index contributed by atoms with van der Waals surface area (Å²) in [5.41, 5.74) is 3.34. The zero-order valence-electron chi connectivity index (χ0n) is 16.3. The predicted molar refractivity (Wildman–Crippen MR) is 107 cm³/mol. The first-order valence-electron chi connectivity index (χ1n) is 9.90. The van der Waals surface area contributed by atoms with Crippen molar-refractivity contribution in [3.8, 4) is 5.75 Å². The Bertz CT molecular complexity index is 773. The molecule has 1 saturated heterocycles. The fraction of sp³-hybridized carbons (Fsp3) is 0.524. The van der Waals surface area contributed by atoms with Crippen LogP contribution in [0.3, 0.4) is 0 Å².